The van der Waals surface area contributed by atoms with Gasteiger partial charge in [0.25, 0.3) is 0 Å². The number of hydrogen-bond acceptors (Lipinski definition) is 3. The number of hydrogen-bond donors (Lipinski definition) is 1. The molecule has 2 heterocycles. The molecule has 0 aliphatic heterocycles. The van der Waals surface area contributed by atoms with E-state index in [1.54, 1.807) is 6.20 Å². The third-order valence-electron chi connectivity index (χ3n) is 4.46. The minimum absolute atomic E-state index is 0.386. The number of pyridine rings is 1. The Morgan fingerprint density at radius 2 is 1.82 bits per heavy atom. The van der Waals surface area contributed by atoms with E-state index in [4.69, 9.17) is 0 Å². The summed E-state index contributed by atoms with van der Waals surface area (Å²) in [5.41, 5.74) is 4.05. The van der Waals surface area contributed by atoms with Gasteiger partial charge < -0.3 is 4.90 Å². The predicted octanol–water partition coefficient (Wildman–Crippen LogP) is 5.04. The molecule has 0 amide bonds. The van der Waals surface area contributed by atoms with Gasteiger partial charge in [0, 0.05) is 36.9 Å². The van der Waals surface area contributed by atoms with Gasteiger partial charge in [0.2, 0.25) is 0 Å². The van der Waals surface area contributed by atoms with E-state index in [0.717, 1.165) is 34.0 Å². The Bertz CT molecular complexity index is 1120. The summed E-state index contributed by atoms with van der Waals surface area (Å²) in [6.45, 7) is 0.386. The number of aromatic nitrogens is 3. The molecule has 28 heavy (non-hydrogen) atoms. The van der Waals surface area contributed by atoms with Crippen LogP contribution in [0.25, 0.3) is 23.1 Å². The predicted molar refractivity (Wildman–Crippen MR) is 108 cm³/mol. The number of aromatic amines is 1. The van der Waals surface area contributed by atoms with Gasteiger partial charge in [0.15, 0.2) is 0 Å². The number of anilines is 1. The van der Waals surface area contributed by atoms with Crippen molar-refractivity contribution in [3.63, 3.8) is 0 Å². The Labute approximate surface area is 161 Å². The summed E-state index contributed by atoms with van der Waals surface area (Å²) in [4.78, 5) is 6.21. The van der Waals surface area contributed by atoms with E-state index in [-0.39, 0.29) is 0 Å². The molecule has 0 radical (unpaired) electrons. The van der Waals surface area contributed by atoms with Crippen LogP contribution in [0, 0.1) is 11.6 Å². The molecule has 2 aromatic heterocycles. The maximum absolute atomic E-state index is 13.4. The number of rotatable bonds is 5. The summed E-state index contributed by atoms with van der Waals surface area (Å²) < 4.78 is 26.9. The van der Waals surface area contributed by atoms with Crippen molar-refractivity contribution in [1.82, 2.24) is 15.2 Å². The standard InChI is InChI=1S/C22H18F2N4/c1-28(14-15-10-16(23)12-17(24)11-15)19-6-8-22-20(13-19)21(26-27-22)7-5-18-4-2-3-9-25-18/h2-13H,14H2,1H3,(H,26,27). The minimum Gasteiger partial charge on any atom is -0.370 e. The summed E-state index contributed by atoms with van der Waals surface area (Å²) in [7, 11) is 1.88. The van der Waals surface area contributed by atoms with E-state index in [2.05, 4.69) is 15.2 Å². The average Bonchev–Trinajstić information content (AvgIpc) is 3.08. The van der Waals surface area contributed by atoms with Gasteiger partial charge in [0.1, 0.15) is 11.6 Å². The molecule has 4 aromatic rings. The summed E-state index contributed by atoms with van der Waals surface area (Å²) in [5.74, 6) is -1.15. The maximum Gasteiger partial charge on any atom is 0.126 e. The molecular formula is C22H18F2N4. The van der Waals surface area contributed by atoms with Crippen LogP contribution in [0.4, 0.5) is 14.5 Å². The summed E-state index contributed by atoms with van der Waals surface area (Å²) in [6.07, 6.45) is 5.55. The highest BCUT2D eigenvalue weighted by Crippen LogP contribution is 2.25. The van der Waals surface area contributed by atoms with Crippen molar-refractivity contribution >= 4 is 28.7 Å². The zero-order valence-electron chi connectivity index (χ0n) is 15.2. The molecule has 1 N–H and O–H groups in total. The first-order valence-corrected chi connectivity index (χ1v) is 8.82. The first-order chi connectivity index (χ1) is 13.6. The highest BCUT2D eigenvalue weighted by atomic mass is 19.1. The van der Waals surface area contributed by atoms with Gasteiger partial charge in [-0.3, -0.25) is 10.1 Å². The molecule has 140 valence electrons. The molecule has 0 aliphatic carbocycles. The second-order valence-corrected chi connectivity index (χ2v) is 6.56. The van der Waals surface area contributed by atoms with Gasteiger partial charge in [-0.2, -0.15) is 5.10 Å². The quantitative estimate of drug-likeness (QED) is 0.531. The highest BCUT2D eigenvalue weighted by molar-refractivity contribution is 5.91. The van der Waals surface area contributed by atoms with E-state index >= 15 is 0 Å². The van der Waals surface area contributed by atoms with Crippen molar-refractivity contribution in [1.29, 1.82) is 0 Å². The van der Waals surface area contributed by atoms with E-state index in [1.165, 1.54) is 12.1 Å². The van der Waals surface area contributed by atoms with E-state index in [0.29, 0.717) is 12.1 Å². The van der Waals surface area contributed by atoms with E-state index in [9.17, 15) is 8.78 Å². The van der Waals surface area contributed by atoms with E-state index < -0.39 is 11.6 Å². The van der Waals surface area contributed by atoms with Gasteiger partial charge in [-0.25, -0.2) is 8.78 Å². The molecule has 0 saturated heterocycles. The van der Waals surface area contributed by atoms with Crippen LogP contribution in [0.3, 0.4) is 0 Å². The topological polar surface area (TPSA) is 44.8 Å². The first kappa shape index (κ1) is 17.9. The van der Waals surface area contributed by atoms with E-state index in [1.807, 2.05) is 60.5 Å². The normalized spacial score (nSPS) is 11.4. The minimum atomic E-state index is -0.573. The molecule has 2 aromatic carbocycles. The van der Waals surface area contributed by atoms with Crippen molar-refractivity contribution in [3.8, 4) is 0 Å². The van der Waals surface area contributed by atoms with Crippen molar-refractivity contribution < 1.29 is 8.78 Å². The average molecular weight is 376 g/mol. The second kappa shape index (κ2) is 7.60. The van der Waals surface area contributed by atoms with Crippen LogP contribution in [0.2, 0.25) is 0 Å². The third-order valence-corrected chi connectivity index (χ3v) is 4.46. The number of halogens is 2. The van der Waals surface area contributed by atoms with Crippen molar-refractivity contribution in [3.05, 3.63) is 89.4 Å². The molecule has 0 spiro atoms. The maximum atomic E-state index is 13.4. The summed E-state index contributed by atoms with van der Waals surface area (Å²) in [6, 6.07) is 15.2. The number of fused-ring (bicyclic) bond motifs is 1. The molecular weight excluding hydrogens is 358 g/mol. The summed E-state index contributed by atoms with van der Waals surface area (Å²) in [5, 5.41) is 8.34. The molecule has 6 heteroatoms. The molecule has 0 atom stereocenters. The fourth-order valence-electron chi connectivity index (χ4n) is 3.09. The molecule has 0 unspecified atom stereocenters. The zero-order valence-corrected chi connectivity index (χ0v) is 15.2. The van der Waals surface area contributed by atoms with Crippen LogP contribution in [-0.2, 0) is 6.54 Å². The summed E-state index contributed by atoms with van der Waals surface area (Å²) >= 11 is 0. The number of benzene rings is 2. The Kier molecular flexibility index (Phi) is 4.85. The van der Waals surface area contributed by atoms with Gasteiger partial charge in [-0.1, -0.05) is 6.07 Å². The van der Waals surface area contributed by atoms with Crippen LogP contribution in [0.1, 0.15) is 17.0 Å². The number of H-pyrrole nitrogens is 1. The Morgan fingerprint density at radius 3 is 2.57 bits per heavy atom. The Hall–Kier alpha value is -3.54. The van der Waals surface area contributed by atoms with Gasteiger partial charge in [-0.15, -0.1) is 0 Å². The zero-order chi connectivity index (χ0) is 19.5. The lowest BCUT2D eigenvalue weighted by atomic mass is 10.1. The van der Waals surface area contributed by atoms with Crippen molar-refractivity contribution in [2.75, 3.05) is 11.9 Å². The smallest absolute Gasteiger partial charge is 0.126 e. The largest absolute Gasteiger partial charge is 0.370 e. The van der Waals surface area contributed by atoms with Crippen molar-refractivity contribution in [2.45, 2.75) is 6.54 Å². The van der Waals surface area contributed by atoms with Gasteiger partial charge in [-0.05, 0) is 60.2 Å². The van der Waals surface area contributed by atoms with Crippen LogP contribution >= 0.6 is 0 Å². The number of nitrogens with one attached hydrogen (secondary N) is 1. The first-order valence-electron chi connectivity index (χ1n) is 8.82. The van der Waals surface area contributed by atoms with Crippen LogP contribution < -0.4 is 4.90 Å². The molecule has 0 bridgehead atoms. The Balaban J connectivity index is 1.60. The monoisotopic (exact) mass is 376 g/mol. The molecule has 0 aliphatic rings. The lowest BCUT2D eigenvalue weighted by molar-refractivity contribution is 0.579. The number of nitrogens with zero attached hydrogens (tertiary/aromatic N) is 3. The van der Waals surface area contributed by atoms with Crippen LogP contribution in [0.15, 0.2) is 60.8 Å². The fourth-order valence-corrected chi connectivity index (χ4v) is 3.09. The SMILES string of the molecule is CN(Cc1cc(F)cc(F)c1)c1ccc2[nH]nc(C=Cc3ccccn3)c2c1. The molecule has 4 rings (SSSR count). The van der Waals surface area contributed by atoms with Gasteiger partial charge in [0.05, 0.1) is 16.9 Å². The molecule has 0 fully saturated rings. The van der Waals surface area contributed by atoms with Crippen LogP contribution in [0.5, 0.6) is 0 Å². The van der Waals surface area contributed by atoms with Gasteiger partial charge >= 0.3 is 0 Å². The van der Waals surface area contributed by atoms with Crippen molar-refractivity contribution in [2.24, 2.45) is 0 Å². The molecule has 0 saturated carbocycles. The molecule has 4 nitrogen and oxygen atoms in total. The second-order valence-electron chi connectivity index (χ2n) is 6.56. The lowest BCUT2D eigenvalue weighted by Crippen LogP contribution is -2.16. The fraction of sp³-hybridized carbons (Fsp3) is 0.0909. The highest BCUT2D eigenvalue weighted by Gasteiger charge is 2.09. The Morgan fingerprint density at radius 1 is 1.00 bits per heavy atom. The lowest BCUT2D eigenvalue weighted by Gasteiger charge is -2.19. The third kappa shape index (κ3) is 3.91. The van der Waals surface area contributed by atoms with Crippen LogP contribution in [-0.4, -0.2) is 22.2 Å².